The minimum absolute atomic E-state index is 0.128. The molecule has 2 nitrogen and oxygen atoms in total. The van der Waals surface area contributed by atoms with Crippen LogP contribution in [-0.2, 0) is 11.2 Å². The number of rotatable bonds is 3. The molecule has 1 N–H and O–H groups in total. The van der Waals surface area contributed by atoms with Gasteiger partial charge in [0.05, 0.1) is 6.42 Å². The zero-order valence-corrected chi connectivity index (χ0v) is 10.0. The first kappa shape index (κ1) is 10.3. The lowest BCUT2D eigenvalue weighted by Crippen LogP contribution is -2.08. The second kappa shape index (κ2) is 5.03. The summed E-state index contributed by atoms with van der Waals surface area (Å²) in [6, 6.07) is 7.85. The molecule has 0 unspecified atom stereocenters. The van der Waals surface area contributed by atoms with E-state index < -0.39 is 5.97 Å². The molecule has 0 atom stereocenters. The summed E-state index contributed by atoms with van der Waals surface area (Å²) in [4.78, 5) is 10.3. The Balaban J connectivity index is 2.71. The van der Waals surface area contributed by atoms with Crippen molar-refractivity contribution in [2.24, 2.45) is 0 Å². The van der Waals surface area contributed by atoms with E-state index in [1.165, 1.54) is 3.69 Å². The zero-order valence-electron chi connectivity index (χ0n) is 6.46. The molecule has 0 heterocycles. The monoisotopic (exact) mass is 286 g/mol. The Hall–Kier alpha value is 0.186. The predicted molar refractivity (Wildman–Crippen MR) is 57.2 cm³/mol. The fraction of sp³-hybridized carbons (Fsp3) is 0.125. The molecule has 0 radical (unpaired) electrons. The van der Waals surface area contributed by atoms with E-state index in [1.54, 1.807) is 0 Å². The topological polar surface area (TPSA) is 37.3 Å². The van der Waals surface area contributed by atoms with Crippen molar-refractivity contribution in [3.8, 4) is 0 Å². The molecule has 0 saturated heterocycles. The molecule has 1 rings (SSSR count). The van der Waals surface area contributed by atoms with Crippen LogP contribution in [0.1, 0.15) is 5.56 Å². The molecule has 0 aromatic heterocycles. The summed E-state index contributed by atoms with van der Waals surface area (Å²) in [6.45, 7) is 0. The SMILES string of the molecule is O=C(O)Cc1cc[c]([Mg][I])cc1. The molecule has 0 aliphatic carbocycles. The Labute approximate surface area is 90.5 Å². The van der Waals surface area contributed by atoms with Crippen LogP contribution in [0.2, 0.25) is 0 Å². The first-order valence-electron chi connectivity index (χ1n) is 3.58. The quantitative estimate of drug-likeness (QED) is 0.665. The molecule has 1 aromatic rings. The lowest BCUT2D eigenvalue weighted by atomic mass is 10.2. The number of carboxylic acid groups (broad SMARTS) is 1. The fourth-order valence-electron chi connectivity index (χ4n) is 0.921. The van der Waals surface area contributed by atoms with E-state index in [4.69, 9.17) is 5.11 Å². The maximum Gasteiger partial charge on any atom is 0.502 e. The van der Waals surface area contributed by atoms with Gasteiger partial charge in [0.25, 0.3) is 0 Å². The Morgan fingerprint density at radius 3 is 2.42 bits per heavy atom. The molecule has 0 bridgehead atoms. The Kier molecular flexibility index (Phi) is 4.31. The van der Waals surface area contributed by atoms with Gasteiger partial charge in [-0.1, -0.05) is 24.3 Å². The number of hydrogen-bond donors (Lipinski definition) is 1. The summed E-state index contributed by atoms with van der Waals surface area (Å²) in [5.41, 5.74) is 0.880. The molecule has 1 aromatic carbocycles. The summed E-state index contributed by atoms with van der Waals surface area (Å²) in [6.07, 6.45) is 0.128. The van der Waals surface area contributed by atoms with E-state index in [0.717, 1.165) is 5.56 Å². The lowest BCUT2D eigenvalue weighted by Gasteiger charge is -1.98. The highest BCUT2D eigenvalue weighted by Crippen LogP contribution is 1.98. The second-order valence-electron chi connectivity index (χ2n) is 2.52. The zero-order chi connectivity index (χ0) is 8.97. The van der Waals surface area contributed by atoms with E-state index in [-0.39, 0.29) is 22.9 Å². The maximum atomic E-state index is 10.3. The van der Waals surface area contributed by atoms with Gasteiger partial charge in [0.2, 0.25) is 0 Å². The van der Waals surface area contributed by atoms with Gasteiger partial charge in [-0.05, 0) is 5.56 Å². The Morgan fingerprint density at radius 2 is 2.00 bits per heavy atom. The minimum Gasteiger partial charge on any atom is -0.481 e. The maximum absolute atomic E-state index is 10.3. The number of carbonyl (C=O) groups is 1. The standard InChI is InChI=1S/C8H7O2.HI.Mg/c9-8(10)6-7-4-2-1-3-5-7;;/h2-5H,6H2,(H,9,10);1H;/q;;+1/p-1. The largest absolute Gasteiger partial charge is 0.502 e. The van der Waals surface area contributed by atoms with Crippen molar-refractivity contribution in [2.75, 3.05) is 0 Å². The van der Waals surface area contributed by atoms with Crippen molar-refractivity contribution in [3.05, 3.63) is 29.8 Å². The summed E-state index contributed by atoms with van der Waals surface area (Å²) in [5, 5.41) is 8.50. The van der Waals surface area contributed by atoms with E-state index in [2.05, 4.69) is 18.9 Å². The van der Waals surface area contributed by atoms with Crippen LogP contribution in [0, 0.1) is 0 Å². The van der Waals surface area contributed by atoms with Crippen molar-refractivity contribution in [3.63, 3.8) is 0 Å². The highest BCUT2D eigenvalue weighted by atomic mass is 127. The first-order valence-corrected chi connectivity index (χ1v) is 9.40. The van der Waals surface area contributed by atoms with Crippen molar-refractivity contribution in [1.29, 1.82) is 0 Å². The average molecular weight is 286 g/mol. The summed E-state index contributed by atoms with van der Waals surface area (Å²) >= 11 is 2.28. The molecule has 0 amide bonds. The number of halogens is 1. The molecule has 0 aliphatic rings. The number of carboxylic acids is 1. The van der Waals surface area contributed by atoms with Gasteiger partial charge in [0.1, 0.15) is 0 Å². The van der Waals surface area contributed by atoms with E-state index in [9.17, 15) is 4.79 Å². The van der Waals surface area contributed by atoms with E-state index >= 15 is 0 Å². The van der Waals surface area contributed by atoms with E-state index in [0.29, 0.717) is 0 Å². The van der Waals surface area contributed by atoms with Crippen LogP contribution in [0.4, 0.5) is 0 Å². The van der Waals surface area contributed by atoms with Crippen LogP contribution < -0.4 is 3.69 Å². The van der Waals surface area contributed by atoms with Crippen LogP contribution in [0.25, 0.3) is 0 Å². The van der Waals surface area contributed by atoms with Gasteiger partial charge in [-0.15, -0.1) is 0 Å². The molecule has 0 saturated carbocycles. The Bertz CT molecular complexity index is 271. The molecule has 12 heavy (non-hydrogen) atoms. The van der Waals surface area contributed by atoms with E-state index in [1.807, 2.05) is 24.3 Å². The smallest absolute Gasteiger partial charge is 0.481 e. The normalized spacial score (nSPS) is 9.08. The van der Waals surface area contributed by atoms with Gasteiger partial charge in [-0.2, -0.15) is 3.69 Å². The molecular formula is C8H7IMgO2. The minimum atomic E-state index is -0.769. The number of hydrogen-bond acceptors (Lipinski definition) is 1. The van der Waals surface area contributed by atoms with Crippen LogP contribution >= 0.6 is 18.9 Å². The molecule has 0 fully saturated rings. The molecule has 0 spiro atoms. The summed E-state index contributed by atoms with van der Waals surface area (Å²) in [7, 11) is 0. The molecule has 4 heteroatoms. The third kappa shape index (κ3) is 3.28. The molecule has 60 valence electrons. The number of benzene rings is 1. The van der Waals surface area contributed by atoms with Crippen LogP contribution in [0.3, 0.4) is 0 Å². The van der Waals surface area contributed by atoms with Crippen molar-refractivity contribution in [2.45, 2.75) is 6.42 Å². The first-order chi connectivity index (χ1) is 5.72. The van der Waals surface area contributed by atoms with Gasteiger partial charge >= 0.3 is 22.5 Å². The summed E-state index contributed by atoms with van der Waals surface area (Å²) in [5.74, 6) is -0.769. The average Bonchev–Trinajstić information content (AvgIpc) is 2.05. The lowest BCUT2D eigenvalue weighted by molar-refractivity contribution is -0.136. The fourth-order valence-corrected chi connectivity index (χ4v) is 2.86. The van der Waals surface area contributed by atoms with Crippen LogP contribution in [-0.4, -0.2) is 27.6 Å². The summed E-state index contributed by atoms with van der Waals surface area (Å²) < 4.78 is 1.37. The Morgan fingerprint density at radius 1 is 1.42 bits per heavy atom. The molecule has 0 aliphatic heterocycles. The van der Waals surface area contributed by atoms with Crippen molar-refractivity contribution < 1.29 is 9.90 Å². The van der Waals surface area contributed by atoms with Gasteiger partial charge in [0.15, 0.2) is 0 Å². The highest BCUT2D eigenvalue weighted by molar-refractivity contribution is 14.1. The van der Waals surface area contributed by atoms with Gasteiger partial charge in [-0.3, -0.25) is 23.6 Å². The van der Waals surface area contributed by atoms with Gasteiger partial charge in [0, 0.05) is 0 Å². The second-order valence-corrected chi connectivity index (χ2v) is 5.89. The van der Waals surface area contributed by atoms with Crippen molar-refractivity contribution in [1.82, 2.24) is 0 Å². The third-order valence-corrected chi connectivity index (χ3v) is 4.96. The van der Waals surface area contributed by atoms with Gasteiger partial charge in [-0.25, -0.2) is 0 Å². The van der Waals surface area contributed by atoms with Crippen LogP contribution in [0.5, 0.6) is 0 Å². The third-order valence-electron chi connectivity index (χ3n) is 1.53. The predicted octanol–water partition coefficient (Wildman–Crippen LogP) is 0.993. The highest BCUT2D eigenvalue weighted by Gasteiger charge is 2.00. The number of aliphatic carboxylic acids is 1. The molecular weight excluding hydrogens is 279 g/mol. The van der Waals surface area contributed by atoms with Gasteiger partial charge < -0.3 is 5.11 Å². The van der Waals surface area contributed by atoms with Crippen LogP contribution in [0.15, 0.2) is 24.3 Å². The van der Waals surface area contributed by atoms with Crippen molar-refractivity contribution >= 4 is 45.0 Å².